The van der Waals surface area contributed by atoms with E-state index < -0.39 is 0 Å². The largest absolute Gasteiger partial charge is 0.461 e. The first kappa shape index (κ1) is 11.3. The lowest BCUT2D eigenvalue weighted by Crippen LogP contribution is -2.04. The van der Waals surface area contributed by atoms with Crippen LogP contribution in [-0.2, 0) is 16.1 Å². The van der Waals surface area contributed by atoms with Gasteiger partial charge in [-0.15, -0.1) is 0 Å². The molecule has 1 aromatic rings. The minimum atomic E-state index is -0.234. The zero-order valence-electron chi connectivity index (χ0n) is 8.48. The van der Waals surface area contributed by atoms with Crippen LogP contribution in [0.4, 0.5) is 0 Å². The van der Waals surface area contributed by atoms with Gasteiger partial charge in [-0.2, -0.15) is 0 Å². The van der Waals surface area contributed by atoms with Crippen molar-refractivity contribution in [2.24, 2.45) is 0 Å². The van der Waals surface area contributed by atoms with Gasteiger partial charge in [0, 0.05) is 6.42 Å². The molecule has 0 radical (unpaired) electrons. The van der Waals surface area contributed by atoms with E-state index in [1.165, 1.54) is 0 Å². The highest BCUT2D eigenvalue weighted by Gasteiger charge is 2.03. The second-order valence-corrected chi connectivity index (χ2v) is 3.13. The summed E-state index contributed by atoms with van der Waals surface area (Å²) in [5.74, 6) is -0.234. The molecule has 3 heteroatoms. The molecule has 0 atom stereocenters. The third kappa shape index (κ3) is 4.82. The van der Waals surface area contributed by atoms with Crippen LogP contribution in [0.2, 0.25) is 0 Å². The maximum absolute atomic E-state index is 11.2. The number of carbonyl (C=O) groups excluding carboxylic acids is 1. The van der Waals surface area contributed by atoms with Crippen molar-refractivity contribution in [3.05, 3.63) is 47.3 Å². The molecule has 0 saturated carbocycles. The van der Waals surface area contributed by atoms with Crippen molar-refractivity contribution in [1.82, 2.24) is 0 Å². The molecule has 78 valence electrons. The Morgan fingerprint density at radius 3 is 2.73 bits per heavy atom. The summed E-state index contributed by atoms with van der Waals surface area (Å²) in [6.45, 7) is 7.26. The van der Waals surface area contributed by atoms with Gasteiger partial charge in [-0.1, -0.05) is 30.3 Å². The van der Waals surface area contributed by atoms with E-state index in [1.807, 2.05) is 30.3 Å². The standard InChI is InChI=1S/C12H13NO2/c1-13-9-5-8-12(14)15-10-11-6-3-2-4-7-11/h2-4,6-7H,5,8-10H2. The fourth-order valence-corrected chi connectivity index (χ4v) is 1.11. The summed E-state index contributed by atoms with van der Waals surface area (Å²) in [5, 5.41) is 0. The molecular weight excluding hydrogens is 190 g/mol. The van der Waals surface area contributed by atoms with E-state index in [4.69, 9.17) is 11.3 Å². The van der Waals surface area contributed by atoms with Crippen LogP contribution in [0.15, 0.2) is 30.3 Å². The summed E-state index contributed by atoms with van der Waals surface area (Å²) in [6.07, 6.45) is 0.909. The average molecular weight is 203 g/mol. The third-order valence-electron chi connectivity index (χ3n) is 1.89. The van der Waals surface area contributed by atoms with Gasteiger partial charge in [0.1, 0.15) is 6.61 Å². The maximum atomic E-state index is 11.2. The minimum Gasteiger partial charge on any atom is -0.461 e. The average Bonchev–Trinajstić information content (AvgIpc) is 2.28. The number of hydrogen-bond donors (Lipinski definition) is 0. The maximum Gasteiger partial charge on any atom is 0.306 e. The van der Waals surface area contributed by atoms with Crippen molar-refractivity contribution in [1.29, 1.82) is 0 Å². The third-order valence-corrected chi connectivity index (χ3v) is 1.89. The molecule has 0 aliphatic carbocycles. The van der Waals surface area contributed by atoms with E-state index in [1.54, 1.807) is 0 Å². The molecule has 0 aromatic heterocycles. The van der Waals surface area contributed by atoms with Crippen LogP contribution < -0.4 is 0 Å². The number of benzene rings is 1. The van der Waals surface area contributed by atoms with Gasteiger partial charge in [-0.25, -0.2) is 6.57 Å². The van der Waals surface area contributed by atoms with Crippen LogP contribution >= 0.6 is 0 Å². The summed E-state index contributed by atoms with van der Waals surface area (Å²) in [5.41, 5.74) is 0.982. The van der Waals surface area contributed by atoms with Crippen molar-refractivity contribution in [3.63, 3.8) is 0 Å². The summed E-state index contributed by atoms with van der Waals surface area (Å²) >= 11 is 0. The molecule has 0 saturated heterocycles. The van der Waals surface area contributed by atoms with Crippen LogP contribution in [0.1, 0.15) is 18.4 Å². The molecule has 0 fully saturated rings. The number of esters is 1. The monoisotopic (exact) mass is 203 g/mol. The van der Waals surface area contributed by atoms with Crippen molar-refractivity contribution in [2.75, 3.05) is 6.54 Å². The molecule has 0 spiro atoms. The van der Waals surface area contributed by atoms with Gasteiger partial charge in [-0.3, -0.25) is 4.79 Å². The Labute approximate surface area is 89.5 Å². The Bertz CT molecular complexity index is 340. The van der Waals surface area contributed by atoms with E-state index in [0.717, 1.165) is 5.56 Å². The molecule has 1 rings (SSSR count). The second-order valence-electron chi connectivity index (χ2n) is 3.13. The first-order chi connectivity index (χ1) is 7.33. The molecule has 0 amide bonds. The van der Waals surface area contributed by atoms with E-state index >= 15 is 0 Å². The number of nitrogens with zero attached hydrogens (tertiary/aromatic N) is 1. The van der Waals surface area contributed by atoms with Crippen molar-refractivity contribution >= 4 is 5.97 Å². The first-order valence-electron chi connectivity index (χ1n) is 4.85. The fourth-order valence-electron chi connectivity index (χ4n) is 1.11. The van der Waals surface area contributed by atoms with Crippen LogP contribution in [0.25, 0.3) is 4.85 Å². The molecule has 0 N–H and O–H groups in total. The van der Waals surface area contributed by atoms with Gasteiger partial charge in [-0.05, 0) is 5.56 Å². The Morgan fingerprint density at radius 2 is 2.07 bits per heavy atom. The highest BCUT2D eigenvalue weighted by molar-refractivity contribution is 5.69. The quantitative estimate of drug-likeness (QED) is 0.418. The lowest BCUT2D eigenvalue weighted by Gasteiger charge is -2.03. The van der Waals surface area contributed by atoms with E-state index in [9.17, 15) is 4.79 Å². The topological polar surface area (TPSA) is 30.7 Å². The Balaban J connectivity index is 2.20. The van der Waals surface area contributed by atoms with Gasteiger partial charge in [0.15, 0.2) is 0 Å². The van der Waals surface area contributed by atoms with Gasteiger partial charge < -0.3 is 9.58 Å². The highest BCUT2D eigenvalue weighted by atomic mass is 16.5. The lowest BCUT2D eigenvalue weighted by molar-refractivity contribution is -0.145. The van der Waals surface area contributed by atoms with Crippen LogP contribution in [0.5, 0.6) is 0 Å². The van der Waals surface area contributed by atoms with E-state index in [-0.39, 0.29) is 5.97 Å². The predicted molar refractivity (Wildman–Crippen MR) is 56.9 cm³/mol. The SMILES string of the molecule is [C-]#[N+]CCCC(=O)OCc1ccccc1. The van der Waals surface area contributed by atoms with Gasteiger partial charge in [0.25, 0.3) is 0 Å². The van der Waals surface area contributed by atoms with Crippen LogP contribution in [-0.4, -0.2) is 12.5 Å². The van der Waals surface area contributed by atoms with Crippen molar-refractivity contribution in [3.8, 4) is 0 Å². The van der Waals surface area contributed by atoms with Gasteiger partial charge in [0.2, 0.25) is 6.54 Å². The van der Waals surface area contributed by atoms with Crippen molar-refractivity contribution < 1.29 is 9.53 Å². The highest BCUT2D eigenvalue weighted by Crippen LogP contribution is 2.02. The fraction of sp³-hybridized carbons (Fsp3) is 0.333. The summed E-state index contributed by atoms with van der Waals surface area (Å²) in [7, 11) is 0. The Morgan fingerprint density at radius 1 is 1.33 bits per heavy atom. The number of hydrogen-bond acceptors (Lipinski definition) is 2. The van der Waals surface area contributed by atoms with Gasteiger partial charge in [0.05, 0.1) is 6.42 Å². The molecule has 0 aliphatic heterocycles. The van der Waals surface area contributed by atoms with Gasteiger partial charge >= 0.3 is 5.97 Å². The zero-order chi connectivity index (χ0) is 10.9. The van der Waals surface area contributed by atoms with E-state index in [2.05, 4.69) is 4.85 Å². The molecule has 15 heavy (non-hydrogen) atoms. The predicted octanol–water partition coefficient (Wildman–Crippen LogP) is 2.43. The first-order valence-corrected chi connectivity index (χ1v) is 4.85. The van der Waals surface area contributed by atoms with Crippen molar-refractivity contribution in [2.45, 2.75) is 19.4 Å². The molecular formula is C12H13NO2. The van der Waals surface area contributed by atoms with Crippen LogP contribution in [0, 0.1) is 6.57 Å². The summed E-state index contributed by atoms with van der Waals surface area (Å²) in [4.78, 5) is 14.3. The second kappa shape index (κ2) is 6.61. The Hall–Kier alpha value is -1.82. The number of carbonyl (C=O) groups is 1. The Kier molecular flexibility index (Phi) is 4.96. The molecule has 0 unspecified atom stereocenters. The van der Waals surface area contributed by atoms with Crippen LogP contribution in [0.3, 0.4) is 0 Å². The number of rotatable bonds is 5. The minimum absolute atomic E-state index is 0.234. The molecule has 3 nitrogen and oxygen atoms in total. The summed E-state index contributed by atoms with van der Waals surface area (Å²) < 4.78 is 5.03. The molecule has 0 bridgehead atoms. The smallest absolute Gasteiger partial charge is 0.306 e. The summed E-state index contributed by atoms with van der Waals surface area (Å²) in [6, 6.07) is 9.55. The molecule has 0 aliphatic rings. The molecule has 1 aromatic carbocycles. The zero-order valence-corrected chi connectivity index (χ0v) is 8.48. The normalized spacial score (nSPS) is 9.27. The molecule has 0 heterocycles. The lowest BCUT2D eigenvalue weighted by atomic mass is 10.2. The number of ether oxygens (including phenoxy) is 1. The van der Waals surface area contributed by atoms with E-state index in [0.29, 0.717) is 26.0 Å².